The molecule has 0 radical (unpaired) electrons. The van der Waals surface area contributed by atoms with Gasteiger partial charge in [-0.2, -0.15) is 15.3 Å². The lowest BCUT2D eigenvalue weighted by atomic mass is 9.92. The summed E-state index contributed by atoms with van der Waals surface area (Å²) >= 11 is 2.07. The van der Waals surface area contributed by atoms with Crippen molar-refractivity contribution in [3.63, 3.8) is 0 Å². The lowest BCUT2D eigenvalue weighted by Crippen LogP contribution is -2.18. The molecule has 10 aromatic heterocycles. The number of aryl methyl sites for hydroxylation is 3. The molecule has 3 unspecified atom stereocenters. The maximum atomic E-state index is 14.4. The maximum absolute atomic E-state index is 14.4. The van der Waals surface area contributed by atoms with E-state index in [4.69, 9.17) is 24.7 Å². The van der Waals surface area contributed by atoms with Gasteiger partial charge in [-0.25, -0.2) is 27.2 Å². The summed E-state index contributed by atoms with van der Waals surface area (Å²) in [7, 11) is 5.87. The summed E-state index contributed by atoms with van der Waals surface area (Å²) in [5.74, 6) is 0.427. The quantitative estimate of drug-likeness (QED) is 0.0157. The predicted octanol–water partition coefficient (Wildman–Crippen LogP) is 7.60. The third-order valence-electron chi connectivity index (χ3n) is 20.7. The molecule has 38 nitrogen and oxygen atoms in total. The Balaban J connectivity index is 0.000000186. The number of pyridine rings is 4. The summed E-state index contributed by atoms with van der Waals surface area (Å²) in [6, 6.07) is 26.4. The number of ether oxygens (including phenoxy) is 5. The molecule has 4 fully saturated rings. The first-order chi connectivity index (χ1) is 61.1. The molecule has 4 saturated heterocycles. The zero-order valence-corrected chi connectivity index (χ0v) is 73.5. The fourth-order valence-electron chi connectivity index (χ4n) is 13.9. The van der Waals surface area contributed by atoms with Crippen molar-refractivity contribution in [2.24, 2.45) is 5.73 Å². The lowest BCUT2D eigenvalue weighted by molar-refractivity contribution is -0.139. The Morgan fingerprint density at radius 1 is 0.417 bits per heavy atom. The first kappa shape index (κ1) is 98.7. The fraction of sp³-hybridized carbons (Fsp3) is 0.471. The van der Waals surface area contributed by atoms with Crippen molar-refractivity contribution < 1.29 is 70.4 Å². The molecule has 0 saturated carbocycles. The molecule has 4 aliphatic heterocycles. The minimum absolute atomic E-state index is 0. The highest BCUT2D eigenvalue weighted by atomic mass is 127. The average Bonchev–Trinajstić information content (AvgIpc) is 1.83. The Labute approximate surface area is 745 Å². The van der Waals surface area contributed by atoms with Crippen LogP contribution in [-0.4, -0.2) is 237 Å². The predicted molar refractivity (Wildman–Crippen MR) is 465 cm³/mol. The number of nitrogens with two attached hydrogens (primary N) is 1. The third kappa shape index (κ3) is 34.3. The van der Waals surface area contributed by atoms with Crippen molar-refractivity contribution in [1.82, 2.24) is 118 Å². The number of nitrogens with one attached hydrogen (secondary N) is 5. The van der Waals surface area contributed by atoms with E-state index in [-0.39, 0.29) is 123 Å². The van der Waals surface area contributed by atoms with E-state index in [0.29, 0.717) is 83.8 Å². The standard InChI is InChI=1S/2C24H29FN8O3.C13H17NO3.C12H14FIN6O.C12H16N2O2.H3N/c2*1-26-24(35)21-15-33(32-30-21)14-18(25)2-3-19-4-5-22(31-29-19)28-23(34)13-20-12-17(6-9-27-20)16-7-10-36-11-8-16;1-16-13(15)9-12-8-11(2-5-14-12)10-3-6-17-7-4-10;1-15-12(21)10-7-20(19-17-10)6-8(13)2-3-9-4-5-11(14)18-16-9;13-12(15)8-11-7-10(1-4-14-11)9-2-5-16-6-3-9;/h2*4-6,9,12,15-16,18H,2-3,7-8,10-11,13-14H2,1H3,(H,26,35)(H,28,31,34);2,5,8,10H,3-4,6-7,9H2,1H3;4-5,7-8H,2-3,6H2,1H3,(H,15,21);1,4,7,9H,2-3,5-6,8H2,(H2,13,15);1H3. The number of aromatic nitrogens is 19. The van der Waals surface area contributed by atoms with E-state index in [1.165, 1.54) is 83.1 Å². The van der Waals surface area contributed by atoms with Crippen molar-refractivity contribution >= 4 is 75.6 Å². The Morgan fingerprint density at radius 2 is 0.717 bits per heavy atom. The summed E-state index contributed by atoms with van der Waals surface area (Å²) < 4.78 is 73.5. The molecule has 14 heterocycles. The summed E-state index contributed by atoms with van der Waals surface area (Å²) in [6.07, 6.45) is 18.5. The fourth-order valence-corrected chi connectivity index (χ4v) is 14.2. The monoisotopic (exact) mass is 1870 g/mol. The van der Waals surface area contributed by atoms with Crippen molar-refractivity contribution in [3.05, 3.63) is 211 Å². The van der Waals surface area contributed by atoms with Crippen molar-refractivity contribution in [2.75, 3.05) is 91.7 Å². The Hall–Kier alpha value is -12.1. The van der Waals surface area contributed by atoms with E-state index in [1.54, 1.807) is 49.1 Å². The molecule has 14 rings (SSSR count). The number of hydrogen-bond acceptors (Lipinski definition) is 29. The van der Waals surface area contributed by atoms with E-state index in [2.05, 4.69) is 135 Å². The second-order valence-corrected chi connectivity index (χ2v) is 31.1. The molecule has 127 heavy (non-hydrogen) atoms. The zero-order valence-electron chi connectivity index (χ0n) is 71.4. The number of alkyl halides is 3. The van der Waals surface area contributed by atoms with Crippen LogP contribution >= 0.6 is 22.6 Å². The van der Waals surface area contributed by atoms with Crippen LogP contribution in [0.2, 0.25) is 0 Å². The molecule has 3 atom stereocenters. The highest BCUT2D eigenvalue weighted by Crippen LogP contribution is 2.31. The minimum atomic E-state index is -1.20. The normalized spacial score (nSPS) is 14.8. The van der Waals surface area contributed by atoms with Crippen LogP contribution in [-0.2, 0) is 107 Å². The van der Waals surface area contributed by atoms with Gasteiger partial charge in [0.1, 0.15) is 22.2 Å². The number of amides is 6. The van der Waals surface area contributed by atoms with E-state index in [1.807, 2.05) is 60.7 Å². The summed E-state index contributed by atoms with van der Waals surface area (Å²) in [4.78, 5) is 98.3. The number of hydrogen-bond donors (Lipinski definition) is 7. The Morgan fingerprint density at radius 3 is 0.992 bits per heavy atom. The van der Waals surface area contributed by atoms with Gasteiger partial charge in [0.15, 0.2) is 28.7 Å². The topological polar surface area (TPSA) is 508 Å². The second-order valence-electron chi connectivity index (χ2n) is 30.0. The first-order valence-corrected chi connectivity index (χ1v) is 42.7. The molecule has 6 amide bonds. The number of carbonyl (C=O) groups excluding carboxylic acids is 7. The number of methoxy groups -OCH3 is 1. The van der Waals surface area contributed by atoms with Gasteiger partial charge in [0, 0.05) is 116 Å². The number of carbonyl (C=O) groups is 7. The van der Waals surface area contributed by atoms with Crippen LogP contribution in [0.25, 0.3) is 0 Å². The van der Waals surface area contributed by atoms with E-state index in [0.717, 1.165) is 125 Å². The molecule has 42 heteroatoms. The van der Waals surface area contributed by atoms with Crippen LogP contribution in [0, 0.1) is 3.70 Å². The number of rotatable bonds is 32. The molecule has 0 spiro atoms. The SMILES string of the molecule is CNC(=O)c1cn(CC(F)CCc2ccc(I)nn2)nn1.CNC(=O)c1cn(CC(F)CCc2ccc(NC(=O)Cc3cc(C4CCOCC4)ccn3)nn2)nn1.CNC(=O)c1cn(CC(F)CCc2ccc(NC(=O)Cc3cc(C4CCOCC4)ccn3)nn2)nn1.COC(=O)Cc1cc(C2CCOCC2)ccn1.N.NC(=O)Cc1cc(C2CCOCC2)ccn1. The van der Waals surface area contributed by atoms with Crippen LogP contribution in [0.3, 0.4) is 0 Å². The molecule has 10 N–H and O–H groups in total. The molecule has 0 aromatic carbocycles. The smallest absolute Gasteiger partial charge is 0.311 e. The van der Waals surface area contributed by atoms with Gasteiger partial charge < -0.3 is 62.2 Å². The number of primary amides is 1. The molecule has 4 aliphatic rings. The Kier molecular flexibility index (Phi) is 41.0. The van der Waals surface area contributed by atoms with Gasteiger partial charge in [-0.05, 0) is 243 Å². The highest BCUT2D eigenvalue weighted by molar-refractivity contribution is 14.1. The van der Waals surface area contributed by atoms with Crippen LogP contribution in [0.5, 0.6) is 0 Å². The van der Waals surface area contributed by atoms with Crippen molar-refractivity contribution in [1.29, 1.82) is 0 Å². The van der Waals surface area contributed by atoms with E-state index in [9.17, 15) is 46.7 Å². The van der Waals surface area contributed by atoms with Crippen LogP contribution in [0.4, 0.5) is 24.8 Å². The molecule has 0 bridgehead atoms. The Bertz CT molecular complexity index is 4890. The average molecular weight is 1870 g/mol. The zero-order chi connectivity index (χ0) is 89.4. The summed E-state index contributed by atoms with van der Waals surface area (Å²) in [5.41, 5.74) is 15.4. The minimum Gasteiger partial charge on any atom is -0.469 e. The van der Waals surface area contributed by atoms with Gasteiger partial charge in [0.05, 0.1) is 93.8 Å². The molecule has 0 aliphatic carbocycles. The van der Waals surface area contributed by atoms with Crippen LogP contribution in [0.1, 0.15) is 188 Å². The van der Waals surface area contributed by atoms with E-state index < -0.39 is 18.5 Å². The number of halogens is 4. The number of anilines is 2. The number of nitrogens with zero attached hydrogens (tertiary/aromatic N) is 19. The van der Waals surface area contributed by atoms with Gasteiger partial charge in [-0.3, -0.25) is 53.5 Å². The third-order valence-corrected chi connectivity index (χ3v) is 21.3. The van der Waals surface area contributed by atoms with Crippen molar-refractivity contribution in [3.8, 4) is 0 Å². The van der Waals surface area contributed by atoms with Gasteiger partial charge >= 0.3 is 5.97 Å². The van der Waals surface area contributed by atoms with Crippen LogP contribution < -0.4 is 38.5 Å². The summed E-state index contributed by atoms with van der Waals surface area (Å²) in [5, 5.41) is 59.3. The second kappa shape index (κ2) is 52.7. The number of esters is 1. The van der Waals surface area contributed by atoms with Gasteiger partial charge in [-0.15, -0.1) is 30.6 Å². The first-order valence-electron chi connectivity index (χ1n) is 41.6. The summed E-state index contributed by atoms with van der Waals surface area (Å²) in [6.45, 7) is 6.31. The van der Waals surface area contributed by atoms with Gasteiger partial charge in [-0.1, -0.05) is 15.6 Å². The molecular weight excluding hydrogens is 1760 g/mol. The largest absolute Gasteiger partial charge is 0.469 e. The van der Waals surface area contributed by atoms with E-state index >= 15 is 0 Å². The van der Waals surface area contributed by atoms with Crippen molar-refractivity contribution in [2.45, 2.75) is 177 Å². The highest BCUT2D eigenvalue weighted by Gasteiger charge is 2.24. The van der Waals surface area contributed by atoms with Crippen LogP contribution in [0.15, 0.2) is 128 Å². The lowest BCUT2D eigenvalue weighted by Gasteiger charge is -2.22. The van der Waals surface area contributed by atoms with Gasteiger partial charge in [0.25, 0.3) is 17.7 Å². The van der Waals surface area contributed by atoms with Gasteiger partial charge in [0.2, 0.25) is 17.7 Å². The molecule has 10 aromatic rings. The molecule has 678 valence electrons. The molecular formula is C85H108F3IN26O12. The maximum Gasteiger partial charge on any atom is 0.311 e.